The summed E-state index contributed by atoms with van der Waals surface area (Å²) in [5.41, 5.74) is 0.210. The van der Waals surface area contributed by atoms with Gasteiger partial charge < -0.3 is 10.2 Å². The summed E-state index contributed by atoms with van der Waals surface area (Å²) in [4.78, 5) is 0. The predicted molar refractivity (Wildman–Crippen MR) is 67.6 cm³/mol. The largest absolute Gasteiger partial charge is 0.412 e. The molecule has 0 aromatic carbocycles. The van der Waals surface area contributed by atoms with Crippen LogP contribution >= 0.6 is 0 Å². The molecule has 0 radical (unpaired) electrons. The van der Waals surface area contributed by atoms with Crippen molar-refractivity contribution in [2.75, 3.05) is 0 Å². The van der Waals surface area contributed by atoms with E-state index in [2.05, 4.69) is 13.8 Å². The average molecular weight is 228 g/mol. The van der Waals surface area contributed by atoms with Crippen LogP contribution in [-0.2, 0) is 4.74 Å². The van der Waals surface area contributed by atoms with Gasteiger partial charge in [-0.15, -0.1) is 0 Å². The van der Waals surface area contributed by atoms with E-state index in [0.29, 0.717) is 6.10 Å². The second-order valence-electron chi connectivity index (χ2n) is 5.69. The molecule has 0 saturated heterocycles. The SMILES string of the molecule is CCC1CCCCC1(C)OC1CCCC1.O. The van der Waals surface area contributed by atoms with E-state index < -0.39 is 0 Å². The summed E-state index contributed by atoms with van der Waals surface area (Å²) >= 11 is 0. The maximum atomic E-state index is 6.44. The molecule has 2 fully saturated rings. The molecule has 2 unspecified atom stereocenters. The molecule has 2 nitrogen and oxygen atoms in total. The molecular formula is C14H28O2. The van der Waals surface area contributed by atoms with Crippen molar-refractivity contribution in [1.82, 2.24) is 0 Å². The number of hydrogen-bond donors (Lipinski definition) is 0. The van der Waals surface area contributed by atoms with Crippen LogP contribution < -0.4 is 0 Å². The van der Waals surface area contributed by atoms with Crippen LogP contribution in [0.1, 0.15) is 71.6 Å². The molecule has 2 atom stereocenters. The normalized spacial score (nSPS) is 36.0. The van der Waals surface area contributed by atoms with Crippen LogP contribution in [0, 0.1) is 5.92 Å². The third-order valence-electron chi connectivity index (χ3n) is 4.57. The van der Waals surface area contributed by atoms with Gasteiger partial charge in [-0.05, 0) is 38.5 Å². The molecule has 0 spiro atoms. The van der Waals surface area contributed by atoms with Crippen molar-refractivity contribution >= 4 is 0 Å². The van der Waals surface area contributed by atoms with Gasteiger partial charge in [0.25, 0.3) is 0 Å². The van der Waals surface area contributed by atoms with E-state index in [-0.39, 0.29) is 11.1 Å². The third-order valence-corrected chi connectivity index (χ3v) is 4.57. The Morgan fingerprint density at radius 2 is 1.69 bits per heavy atom. The summed E-state index contributed by atoms with van der Waals surface area (Å²) in [6.07, 6.45) is 12.8. The van der Waals surface area contributed by atoms with Gasteiger partial charge in [-0.1, -0.05) is 39.0 Å². The molecular weight excluding hydrogens is 200 g/mol. The molecule has 0 heterocycles. The molecule has 2 aliphatic rings. The van der Waals surface area contributed by atoms with Gasteiger partial charge in [-0.3, -0.25) is 0 Å². The first-order valence-electron chi connectivity index (χ1n) is 6.92. The quantitative estimate of drug-likeness (QED) is 0.729. The zero-order chi connectivity index (χ0) is 10.7. The summed E-state index contributed by atoms with van der Waals surface area (Å²) in [5.74, 6) is 0.812. The first kappa shape index (κ1) is 14.0. The van der Waals surface area contributed by atoms with Crippen LogP contribution in [0.25, 0.3) is 0 Å². The summed E-state index contributed by atoms with van der Waals surface area (Å²) < 4.78 is 6.44. The first-order chi connectivity index (χ1) is 7.24. The number of ether oxygens (including phenoxy) is 1. The third kappa shape index (κ3) is 2.98. The highest BCUT2D eigenvalue weighted by Crippen LogP contribution is 2.41. The molecule has 2 N–H and O–H groups in total. The Bertz CT molecular complexity index is 199. The fourth-order valence-corrected chi connectivity index (χ4v) is 3.55. The van der Waals surface area contributed by atoms with Gasteiger partial charge in [0, 0.05) is 0 Å². The molecule has 2 rings (SSSR count). The molecule has 2 aliphatic carbocycles. The topological polar surface area (TPSA) is 40.7 Å². The molecule has 2 saturated carbocycles. The van der Waals surface area contributed by atoms with Gasteiger partial charge >= 0.3 is 0 Å². The standard InChI is InChI=1S/C14H26O.H2O/c1-3-12-8-6-7-11-14(12,2)15-13-9-4-5-10-13;/h12-13H,3-11H2,1-2H3;1H2. The Hall–Kier alpha value is -0.0800. The Kier molecular flexibility index (Phi) is 5.26. The first-order valence-corrected chi connectivity index (χ1v) is 6.92. The van der Waals surface area contributed by atoms with Gasteiger partial charge in [0.1, 0.15) is 0 Å². The zero-order valence-electron chi connectivity index (χ0n) is 10.9. The van der Waals surface area contributed by atoms with Crippen LogP contribution in [0.3, 0.4) is 0 Å². The van der Waals surface area contributed by atoms with Crippen molar-refractivity contribution in [3.63, 3.8) is 0 Å². The van der Waals surface area contributed by atoms with Gasteiger partial charge in [-0.25, -0.2) is 0 Å². The van der Waals surface area contributed by atoms with E-state index >= 15 is 0 Å². The lowest BCUT2D eigenvalue weighted by Crippen LogP contribution is -2.42. The van der Waals surface area contributed by atoms with Gasteiger partial charge in [0.2, 0.25) is 0 Å². The lowest BCUT2D eigenvalue weighted by atomic mass is 9.75. The molecule has 2 heteroatoms. The second kappa shape index (κ2) is 6.02. The highest BCUT2D eigenvalue weighted by Gasteiger charge is 2.38. The van der Waals surface area contributed by atoms with Crippen molar-refractivity contribution in [2.24, 2.45) is 5.92 Å². The van der Waals surface area contributed by atoms with Crippen LogP contribution in [0.2, 0.25) is 0 Å². The Morgan fingerprint density at radius 1 is 1.06 bits per heavy atom. The van der Waals surface area contributed by atoms with E-state index in [4.69, 9.17) is 4.74 Å². The molecule has 0 bridgehead atoms. The molecule has 0 aromatic heterocycles. The highest BCUT2D eigenvalue weighted by molar-refractivity contribution is 4.89. The lowest BCUT2D eigenvalue weighted by Gasteiger charge is -2.43. The van der Waals surface area contributed by atoms with Gasteiger partial charge in [0.05, 0.1) is 11.7 Å². The monoisotopic (exact) mass is 228 g/mol. The van der Waals surface area contributed by atoms with E-state index in [1.807, 2.05) is 0 Å². The van der Waals surface area contributed by atoms with Gasteiger partial charge in [0.15, 0.2) is 0 Å². The van der Waals surface area contributed by atoms with Crippen LogP contribution in [0.15, 0.2) is 0 Å². The van der Waals surface area contributed by atoms with Crippen molar-refractivity contribution < 1.29 is 10.2 Å². The smallest absolute Gasteiger partial charge is 0.0686 e. The van der Waals surface area contributed by atoms with E-state index in [0.717, 1.165) is 5.92 Å². The molecule has 16 heavy (non-hydrogen) atoms. The maximum absolute atomic E-state index is 6.44. The minimum absolute atomic E-state index is 0. The fraction of sp³-hybridized carbons (Fsp3) is 1.00. The maximum Gasteiger partial charge on any atom is 0.0686 e. The van der Waals surface area contributed by atoms with Crippen LogP contribution in [0.5, 0.6) is 0 Å². The summed E-state index contributed by atoms with van der Waals surface area (Å²) in [5, 5.41) is 0. The highest BCUT2D eigenvalue weighted by atomic mass is 16.5. The number of rotatable bonds is 3. The van der Waals surface area contributed by atoms with Crippen LogP contribution in [-0.4, -0.2) is 17.2 Å². The van der Waals surface area contributed by atoms with Crippen molar-refractivity contribution in [3.8, 4) is 0 Å². The van der Waals surface area contributed by atoms with E-state index in [1.54, 1.807) is 0 Å². The Morgan fingerprint density at radius 3 is 2.31 bits per heavy atom. The Balaban J connectivity index is 0.00000128. The minimum atomic E-state index is 0. The summed E-state index contributed by atoms with van der Waals surface area (Å²) in [6.45, 7) is 4.70. The van der Waals surface area contributed by atoms with E-state index in [1.165, 1.54) is 57.8 Å². The van der Waals surface area contributed by atoms with Crippen LogP contribution in [0.4, 0.5) is 0 Å². The summed E-state index contributed by atoms with van der Waals surface area (Å²) in [6, 6.07) is 0. The van der Waals surface area contributed by atoms with Gasteiger partial charge in [-0.2, -0.15) is 0 Å². The zero-order valence-corrected chi connectivity index (χ0v) is 10.9. The average Bonchev–Trinajstić information content (AvgIpc) is 2.70. The fourth-order valence-electron chi connectivity index (χ4n) is 3.55. The van der Waals surface area contributed by atoms with Crippen molar-refractivity contribution in [3.05, 3.63) is 0 Å². The number of hydrogen-bond acceptors (Lipinski definition) is 1. The van der Waals surface area contributed by atoms with Crippen molar-refractivity contribution in [2.45, 2.75) is 83.3 Å². The van der Waals surface area contributed by atoms with E-state index in [9.17, 15) is 0 Å². The molecule has 0 aromatic rings. The lowest BCUT2D eigenvalue weighted by molar-refractivity contribution is -0.132. The Labute approximate surface area is 100 Å². The molecule has 0 aliphatic heterocycles. The molecule has 0 amide bonds. The summed E-state index contributed by atoms with van der Waals surface area (Å²) in [7, 11) is 0. The molecule has 96 valence electrons. The predicted octanol–water partition coefficient (Wildman–Crippen LogP) is 3.48. The van der Waals surface area contributed by atoms with Crippen molar-refractivity contribution in [1.29, 1.82) is 0 Å². The minimum Gasteiger partial charge on any atom is -0.412 e. The second-order valence-corrected chi connectivity index (χ2v) is 5.69.